The van der Waals surface area contributed by atoms with Crippen LogP contribution in [0.1, 0.15) is 45.6 Å². The van der Waals surface area contributed by atoms with Crippen molar-refractivity contribution in [3.63, 3.8) is 0 Å². The van der Waals surface area contributed by atoms with Gasteiger partial charge in [0.05, 0.1) is 34.7 Å². The molecule has 1 aliphatic carbocycles. The standard InChI is InChI=1S/C25H28ClN5O6S2/c26-17-4-1-3-15(8-17)25(5-2-6-30-25)16-9-20(38-12-16)22(33)18-10-28-13-29-24(18)31-19-7-14(21(32)23(19)34)11-37-39(27,35)36/h1,3-4,8-10,12-14,19,21,23,30,32,34H,2,5-7,11H2,(H2,27,35,36)(H,28,29,31)/t14-,19-,21-,23+,25?/m1/s1. The molecule has 2 fully saturated rings. The van der Waals surface area contributed by atoms with E-state index in [0.717, 1.165) is 30.5 Å². The van der Waals surface area contributed by atoms with Crippen LogP contribution in [-0.2, 0) is 20.0 Å². The van der Waals surface area contributed by atoms with Gasteiger partial charge in [0.25, 0.3) is 0 Å². The van der Waals surface area contributed by atoms with Crippen LogP contribution in [0, 0.1) is 5.92 Å². The third kappa shape index (κ3) is 5.86. The molecule has 11 nitrogen and oxygen atoms in total. The van der Waals surface area contributed by atoms with Crippen molar-refractivity contribution in [1.82, 2.24) is 15.3 Å². The molecule has 5 atom stereocenters. The first-order chi connectivity index (χ1) is 18.6. The summed E-state index contributed by atoms with van der Waals surface area (Å²) in [6.45, 7) is 0.455. The zero-order valence-corrected chi connectivity index (χ0v) is 23.0. The van der Waals surface area contributed by atoms with Crippen molar-refractivity contribution in [3.8, 4) is 0 Å². The molecule has 2 aromatic heterocycles. The van der Waals surface area contributed by atoms with Crippen LogP contribution in [0.4, 0.5) is 5.82 Å². The smallest absolute Gasteiger partial charge is 0.333 e. The molecular weight excluding hydrogens is 566 g/mol. The molecule has 1 saturated carbocycles. The number of aliphatic hydroxyl groups is 2. The molecule has 208 valence electrons. The van der Waals surface area contributed by atoms with Gasteiger partial charge in [0, 0.05) is 17.1 Å². The van der Waals surface area contributed by atoms with Crippen LogP contribution in [0.25, 0.3) is 0 Å². The normalized spacial score (nSPS) is 27.1. The van der Waals surface area contributed by atoms with Crippen LogP contribution in [0.2, 0.25) is 5.02 Å². The van der Waals surface area contributed by atoms with Gasteiger partial charge in [-0.1, -0.05) is 23.7 Å². The molecule has 39 heavy (non-hydrogen) atoms. The lowest BCUT2D eigenvalue weighted by Gasteiger charge is -2.30. The number of benzene rings is 1. The summed E-state index contributed by atoms with van der Waals surface area (Å²) < 4.78 is 26.9. The Morgan fingerprint density at radius 1 is 1.28 bits per heavy atom. The zero-order valence-electron chi connectivity index (χ0n) is 20.7. The van der Waals surface area contributed by atoms with E-state index in [0.29, 0.717) is 9.90 Å². The van der Waals surface area contributed by atoms with Gasteiger partial charge in [0.1, 0.15) is 18.2 Å². The largest absolute Gasteiger partial charge is 0.390 e. The second-order valence-corrected chi connectivity index (χ2v) is 12.3. The fraction of sp³-hybridized carbons (Fsp3) is 0.400. The fourth-order valence-electron chi connectivity index (χ4n) is 5.37. The van der Waals surface area contributed by atoms with Gasteiger partial charge in [0.2, 0.25) is 5.78 Å². The summed E-state index contributed by atoms with van der Waals surface area (Å²) >= 11 is 7.61. The number of ketones is 1. The number of carbonyl (C=O) groups excluding carboxylic acids is 1. The van der Waals surface area contributed by atoms with E-state index in [4.69, 9.17) is 16.7 Å². The summed E-state index contributed by atoms with van der Waals surface area (Å²) in [5, 5.41) is 35.1. The molecule has 1 aliphatic heterocycles. The van der Waals surface area contributed by atoms with E-state index in [1.54, 1.807) is 0 Å². The van der Waals surface area contributed by atoms with Crippen LogP contribution in [0.5, 0.6) is 0 Å². The maximum absolute atomic E-state index is 13.6. The van der Waals surface area contributed by atoms with Crippen LogP contribution in [-0.4, -0.2) is 65.8 Å². The van der Waals surface area contributed by atoms with E-state index in [2.05, 4.69) is 24.8 Å². The summed E-state index contributed by atoms with van der Waals surface area (Å²) in [7, 11) is -4.19. The van der Waals surface area contributed by atoms with E-state index >= 15 is 0 Å². The van der Waals surface area contributed by atoms with Crippen molar-refractivity contribution in [2.75, 3.05) is 18.5 Å². The van der Waals surface area contributed by atoms with E-state index in [1.165, 1.54) is 23.9 Å². The Bertz CT molecular complexity index is 1460. The molecular formula is C25H28ClN5O6S2. The second-order valence-electron chi connectivity index (χ2n) is 9.76. The highest BCUT2D eigenvalue weighted by Gasteiger charge is 2.43. The van der Waals surface area contributed by atoms with E-state index < -0.39 is 40.0 Å². The van der Waals surface area contributed by atoms with Gasteiger partial charge < -0.3 is 20.8 Å². The molecule has 3 heterocycles. The number of thiophene rings is 1. The van der Waals surface area contributed by atoms with Crippen molar-refractivity contribution >= 4 is 44.8 Å². The van der Waals surface area contributed by atoms with Gasteiger partial charge in [-0.3, -0.25) is 8.98 Å². The monoisotopic (exact) mass is 593 g/mol. The number of rotatable bonds is 9. The first-order valence-electron chi connectivity index (χ1n) is 12.3. The molecule has 3 aromatic rings. The first-order valence-corrected chi connectivity index (χ1v) is 15.0. The number of halogens is 1. The molecule has 1 aromatic carbocycles. The quantitative estimate of drug-likeness (QED) is 0.230. The first kappa shape index (κ1) is 28.1. The molecule has 0 radical (unpaired) electrons. The minimum atomic E-state index is -4.19. The van der Waals surface area contributed by atoms with Crippen LogP contribution < -0.4 is 15.8 Å². The number of nitrogens with one attached hydrogen (secondary N) is 2. The Balaban J connectivity index is 1.37. The summed E-state index contributed by atoms with van der Waals surface area (Å²) in [5.74, 6) is -0.799. The zero-order chi connectivity index (χ0) is 27.8. The van der Waals surface area contributed by atoms with Crippen molar-refractivity contribution < 1.29 is 27.6 Å². The van der Waals surface area contributed by atoms with Gasteiger partial charge in [0.15, 0.2) is 0 Å². The molecule has 1 saturated heterocycles. The maximum Gasteiger partial charge on any atom is 0.333 e. The summed E-state index contributed by atoms with van der Waals surface area (Å²) in [4.78, 5) is 22.3. The molecule has 0 amide bonds. The maximum atomic E-state index is 13.6. The van der Waals surface area contributed by atoms with Crippen LogP contribution in [0.3, 0.4) is 0 Å². The number of carbonyl (C=O) groups is 1. The van der Waals surface area contributed by atoms with Gasteiger partial charge in [-0.15, -0.1) is 11.3 Å². The number of nitrogens with zero attached hydrogens (tertiary/aromatic N) is 2. The molecule has 14 heteroatoms. The molecule has 6 N–H and O–H groups in total. The molecule has 5 rings (SSSR count). The topological polar surface area (TPSA) is 177 Å². The average molecular weight is 594 g/mol. The Labute approximate surface area is 234 Å². The Morgan fingerprint density at radius 3 is 2.82 bits per heavy atom. The van der Waals surface area contributed by atoms with E-state index in [-0.39, 0.29) is 30.2 Å². The summed E-state index contributed by atoms with van der Waals surface area (Å²) in [5.41, 5.74) is 1.75. The third-order valence-electron chi connectivity index (χ3n) is 7.32. The summed E-state index contributed by atoms with van der Waals surface area (Å²) in [6.07, 6.45) is 2.16. The van der Waals surface area contributed by atoms with Crippen molar-refractivity contribution in [2.45, 2.75) is 43.1 Å². The van der Waals surface area contributed by atoms with Gasteiger partial charge >= 0.3 is 10.3 Å². The lowest BCUT2D eigenvalue weighted by molar-refractivity contribution is 0.00778. The van der Waals surface area contributed by atoms with E-state index in [1.807, 2.05) is 35.7 Å². The predicted molar refractivity (Wildman–Crippen MR) is 146 cm³/mol. The molecule has 0 spiro atoms. The highest BCUT2D eigenvalue weighted by Crippen LogP contribution is 2.41. The predicted octanol–water partition coefficient (Wildman–Crippen LogP) is 1.79. The lowest BCUT2D eigenvalue weighted by Crippen LogP contribution is -2.37. The minimum Gasteiger partial charge on any atom is -0.390 e. The van der Waals surface area contributed by atoms with Crippen molar-refractivity contribution in [1.29, 1.82) is 0 Å². The van der Waals surface area contributed by atoms with Crippen molar-refractivity contribution in [2.24, 2.45) is 11.1 Å². The molecule has 2 aliphatic rings. The Hall–Kier alpha value is -2.49. The third-order valence-corrected chi connectivity index (χ3v) is 8.94. The second kappa shape index (κ2) is 11.2. The average Bonchev–Trinajstić information content (AvgIpc) is 3.65. The Morgan fingerprint density at radius 2 is 2.10 bits per heavy atom. The number of hydrogen-bond acceptors (Lipinski definition) is 11. The van der Waals surface area contributed by atoms with Gasteiger partial charge in [-0.05, 0) is 60.5 Å². The fourth-order valence-corrected chi connectivity index (χ4v) is 6.86. The van der Waals surface area contributed by atoms with Gasteiger partial charge in [-0.2, -0.15) is 8.42 Å². The highest BCUT2D eigenvalue weighted by molar-refractivity contribution is 7.84. The lowest BCUT2D eigenvalue weighted by atomic mass is 9.83. The number of hydrogen-bond donors (Lipinski definition) is 5. The van der Waals surface area contributed by atoms with Crippen molar-refractivity contribution in [3.05, 3.63) is 74.8 Å². The molecule has 0 bridgehead atoms. The number of anilines is 1. The SMILES string of the molecule is NS(=O)(=O)OC[C@H]1C[C@@H](Nc2ncncc2C(=O)c2cc(C3(c4cccc(Cl)c4)CCCN3)cs2)[C@H](O)[C@@H]1O. The number of aromatic nitrogens is 2. The van der Waals surface area contributed by atoms with Gasteiger partial charge in [-0.25, -0.2) is 15.1 Å². The highest BCUT2D eigenvalue weighted by atomic mass is 35.5. The van der Waals surface area contributed by atoms with E-state index in [9.17, 15) is 23.4 Å². The number of nitrogens with two attached hydrogens (primary N) is 1. The molecule has 1 unspecified atom stereocenters. The minimum absolute atomic E-state index is 0.159. The Kier molecular flexibility index (Phi) is 8.04. The number of aliphatic hydroxyl groups excluding tert-OH is 2. The van der Waals surface area contributed by atoms with Crippen LogP contribution >= 0.6 is 22.9 Å². The summed E-state index contributed by atoms with van der Waals surface area (Å²) in [6, 6.07) is 8.86. The van der Waals surface area contributed by atoms with Crippen LogP contribution in [0.15, 0.2) is 48.2 Å².